The van der Waals surface area contributed by atoms with Crippen molar-refractivity contribution in [3.05, 3.63) is 47.0 Å². The zero-order valence-corrected chi connectivity index (χ0v) is 27.1. The third-order valence-electron chi connectivity index (χ3n) is 9.59. The van der Waals surface area contributed by atoms with Crippen LogP contribution >= 0.6 is 11.3 Å². The van der Waals surface area contributed by atoms with Crippen molar-refractivity contribution in [2.24, 2.45) is 17.8 Å². The van der Waals surface area contributed by atoms with E-state index < -0.39 is 35.4 Å². The van der Waals surface area contributed by atoms with Crippen molar-refractivity contribution >= 4 is 40.0 Å². The lowest BCUT2D eigenvalue weighted by atomic mass is 9.76. The predicted octanol–water partition coefficient (Wildman–Crippen LogP) is 4.98. The average molecular weight is 643 g/mol. The quantitative estimate of drug-likeness (QED) is 0.295. The molecule has 3 aliphatic rings. The number of ether oxygens (including phenoxy) is 2. The smallest absolute Gasteiger partial charge is 0.330 e. The van der Waals surface area contributed by atoms with E-state index in [-0.39, 0.29) is 18.2 Å². The molecule has 0 bridgehead atoms. The number of amides is 2. The van der Waals surface area contributed by atoms with E-state index in [0.717, 1.165) is 30.2 Å². The molecular formula is C35H38N4O6S. The van der Waals surface area contributed by atoms with Crippen LogP contribution < -0.4 is 14.8 Å². The highest BCUT2D eigenvalue weighted by molar-refractivity contribution is 7.13. The number of terminal acetylenes is 1. The Bertz CT molecular complexity index is 1760. The van der Waals surface area contributed by atoms with Gasteiger partial charge in [0.05, 0.1) is 24.6 Å². The summed E-state index contributed by atoms with van der Waals surface area (Å²) < 4.78 is 12.3. The fourth-order valence-corrected chi connectivity index (χ4v) is 7.53. The number of methoxy groups -OCH3 is 1. The van der Waals surface area contributed by atoms with Gasteiger partial charge in [0, 0.05) is 47.8 Å². The molecule has 1 aromatic carbocycles. The Morgan fingerprint density at radius 3 is 2.76 bits per heavy atom. The number of thiazole rings is 1. The fraction of sp³-hybridized carbons (Fsp3) is 0.457. The number of carbonyl (C=O) groups excluding carboxylic acids is 2. The number of fused-ring (bicyclic) bond motifs is 3. The van der Waals surface area contributed by atoms with E-state index >= 15 is 0 Å². The first kappa shape index (κ1) is 31.5. The Labute approximate surface area is 272 Å². The third-order valence-corrected chi connectivity index (χ3v) is 10.5. The standard InChI is InChI=1S/C35H38N4O6S/c1-5-22-19-46-32(36-22)27-17-29(25-13-14-28(44-4)20(2)30(25)37-27)45-23-11-12-24-26(16-23)31(40)38-35(34(42)43)18-21(35)10-8-6-7-9-15-39(3)33(24)41/h1,8,10,13-14,17,19,21,23-24,26H,6-7,9,11-12,15-16,18H2,2-4H3,(H,38,40)(H,42,43)/b10-8-/t21?,23-,24+,26+,35+/m0/s1. The molecule has 1 unspecified atom stereocenters. The van der Waals surface area contributed by atoms with Gasteiger partial charge in [0.2, 0.25) is 11.8 Å². The number of rotatable bonds is 5. The number of carbonyl (C=O) groups is 3. The molecule has 2 fully saturated rings. The molecule has 2 N–H and O–H groups in total. The lowest BCUT2D eigenvalue weighted by Gasteiger charge is -2.37. The van der Waals surface area contributed by atoms with Gasteiger partial charge in [-0.15, -0.1) is 17.8 Å². The van der Waals surface area contributed by atoms with Gasteiger partial charge in [0.15, 0.2) is 0 Å². The van der Waals surface area contributed by atoms with Gasteiger partial charge in [-0.05, 0) is 69.9 Å². The van der Waals surface area contributed by atoms with Crippen LogP contribution in [0.25, 0.3) is 21.6 Å². The van der Waals surface area contributed by atoms with Crippen LogP contribution in [0.4, 0.5) is 0 Å². The van der Waals surface area contributed by atoms with Gasteiger partial charge in [0.1, 0.15) is 33.4 Å². The first-order chi connectivity index (χ1) is 22.1. The van der Waals surface area contributed by atoms with Crippen LogP contribution in [0.2, 0.25) is 0 Å². The van der Waals surface area contributed by atoms with Gasteiger partial charge in [-0.1, -0.05) is 12.2 Å². The van der Waals surface area contributed by atoms with Crippen LogP contribution in [0.5, 0.6) is 11.5 Å². The van der Waals surface area contributed by atoms with Crippen molar-refractivity contribution in [2.75, 3.05) is 20.7 Å². The van der Waals surface area contributed by atoms with E-state index in [1.807, 2.05) is 37.3 Å². The number of carboxylic acid groups (broad SMARTS) is 1. The molecule has 2 saturated carbocycles. The molecule has 2 aliphatic carbocycles. The van der Waals surface area contributed by atoms with Gasteiger partial charge >= 0.3 is 5.97 Å². The number of carboxylic acids is 1. The van der Waals surface area contributed by atoms with Gasteiger partial charge in [-0.25, -0.2) is 14.8 Å². The second kappa shape index (κ2) is 12.8. The van der Waals surface area contributed by atoms with Crippen molar-refractivity contribution in [3.63, 3.8) is 0 Å². The molecule has 0 radical (unpaired) electrons. The highest BCUT2D eigenvalue weighted by Gasteiger charge is 2.61. The Morgan fingerprint density at radius 2 is 2.02 bits per heavy atom. The zero-order chi connectivity index (χ0) is 32.6. The largest absolute Gasteiger partial charge is 0.496 e. The van der Waals surface area contributed by atoms with Gasteiger partial charge in [-0.2, -0.15) is 0 Å². The minimum atomic E-state index is -1.34. The summed E-state index contributed by atoms with van der Waals surface area (Å²) in [5.41, 5.74) is 1.31. The summed E-state index contributed by atoms with van der Waals surface area (Å²) in [4.78, 5) is 51.2. The first-order valence-corrected chi connectivity index (χ1v) is 16.6. The second-order valence-electron chi connectivity index (χ2n) is 12.5. The molecule has 3 aromatic rings. The number of allylic oxidation sites excluding steroid dienone is 1. The summed E-state index contributed by atoms with van der Waals surface area (Å²) in [7, 11) is 3.39. The summed E-state index contributed by atoms with van der Waals surface area (Å²) >= 11 is 1.39. The molecule has 11 heteroatoms. The third kappa shape index (κ3) is 5.94. The van der Waals surface area contributed by atoms with Crippen molar-refractivity contribution in [1.29, 1.82) is 0 Å². The van der Waals surface area contributed by atoms with E-state index in [9.17, 15) is 19.5 Å². The molecular weight excluding hydrogens is 604 g/mol. The minimum Gasteiger partial charge on any atom is -0.496 e. The number of aryl methyl sites for hydroxylation is 1. The molecule has 6 rings (SSSR count). The number of benzene rings is 1. The maximum Gasteiger partial charge on any atom is 0.330 e. The molecule has 0 spiro atoms. The van der Waals surface area contributed by atoms with Crippen LogP contribution in [0.3, 0.4) is 0 Å². The van der Waals surface area contributed by atoms with Crippen molar-refractivity contribution in [3.8, 4) is 34.5 Å². The SMILES string of the molecule is C#Cc1csc(-c2cc(O[C@H]3CC[C@H]4C(=O)N(C)CCCC/C=C\C5C[C@@]5(C(=O)O)NC(=O)[C@@H]4C3)c3ccc(OC)c(C)c3n2)n1. The van der Waals surface area contributed by atoms with E-state index in [1.54, 1.807) is 24.4 Å². The maximum atomic E-state index is 13.9. The van der Waals surface area contributed by atoms with Crippen molar-refractivity contribution < 1.29 is 29.0 Å². The molecule has 2 amide bonds. The summed E-state index contributed by atoms with van der Waals surface area (Å²) in [5.74, 6) is 0.679. The van der Waals surface area contributed by atoms with E-state index in [2.05, 4.69) is 16.2 Å². The molecule has 2 aromatic heterocycles. The zero-order valence-electron chi connectivity index (χ0n) is 26.2. The van der Waals surface area contributed by atoms with Crippen LogP contribution in [-0.4, -0.2) is 70.1 Å². The number of nitrogens with one attached hydrogen (secondary N) is 1. The van der Waals surface area contributed by atoms with Crippen molar-refractivity contribution in [1.82, 2.24) is 20.2 Å². The summed E-state index contributed by atoms with van der Waals surface area (Å²) in [6.45, 7) is 2.54. The summed E-state index contributed by atoms with van der Waals surface area (Å²) in [5, 5.41) is 16.2. The summed E-state index contributed by atoms with van der Waals surface area (Å²) in [6.07, 6.45) is 13.2. The Balaban J connectivity index is 1.34. The Kier molecular flexibility index (Phi) is 8.75. The maximum absolute atomic E-state index is 13.9. The van der Waals surface area contributed by atoms with Crippen LogP contribution in [0.1, 0.15) is 56.2 Å². The monoisotopic (exact) mass is 642 g/mol. The topological polar surface area (TPSA) is 131 Å². The lowest BCUT2D eigenvalue weighted by molar-refractivity contribution is -0.148. The number of hydrogen-bond donors (Lipinski definition) is 2. The first-order valence-electron chi connectivity index (χ1n) is 15.7. The van der Waals surface area contributed by atoms with Gasteiger partial charge in [-0.3, -0.25) is 9.59 Å². The molecule has 0 saturated heterocycles. The highest BCUT2D eigenvalue weighted by atomic mass is 32.1. The van der Waals surface area contributed by atoms with Crippen LogP contribution in [0, 0.1) is 37.0 Å². The predicted molar refractivity (Wildman–Crippen MR) is 175 cm³/mol. The summed E-state index contributed by atoms with van der Waals surface area (Å²) in [6, 6.07) is 5.61. The highest BCUT2D eigenvalue weighted by Crippen LogP contribution is 2.46. The average Bonchev–Trinajstić information content (AvgIpc) is 3.53. The Morgan fingerprint density at radius 1 is 1.20 bits per heavy atom. The number of pyridine rings is 1. The number of hydrogen-bond acceptors (Lipinski definition) is 8. The number of nitrogens with zero attached hydrogens (tertiary/aromatic N) is 3. The van der Waals surface area contributed by atoms with Gasteiger partial charge < -0.3 is 24.8 Å². The van der Waals surface area contributed by atoms with Crippen LogP contribution in [-0.2, 0) is 14.4 Å². The van der Waals surface area contributed by atoms with Crippen molar-refractivity contribution in [2.45, 2.75) is 63.5 Å². The van der Waals surface area contributed by atoms with E-state index in [0.29, 0.717) is 59.2 Å². The Hall–Kier alpha value is -4.43. The number of aromatic nitrogens is 2. The number of aliphatic carboxylic acids is 1. The van der Waals surface area contributed by atoms with Crippen LogP contribution in [0.15, 0.2) is 35.7 Å². The normalized spacial score (nSPS) is 27.4. The minimum absolute atomic E-state index is 0.0876. The van der Waals surface area contributed by atoms with E-state index in [1.165, 1.54) is 11.3 Å². The molecule has 1 aliphatic heterocycles. The molecule has 240 valence electrons. The fourth-order valence-electron chi connectivity index (χ4n) is 6.81. The molecule has 10 nitrogen and oxygen atoms in total. The molecule has 5 atom stereocenters. The second-order valence-corrected chi connectivity index (χ2v) is 13.4. The molecule has 3 heterocycles. The lowest BCUT2D eigenvalue weighted by Crippen LogP contribution is -2.52. The van der Waals surface area contributed by atoms with Gasteiger partial charge in [0.25, 0.3) is 0 Å². The molecule has 46 heavy (non-hydrogen) atoms. The van der Waals surface area contributed by atoms with E-state index in [4.69, 9.17) is 20.9 Å².